The lowest BCUT2D eigenvalue weighted by molar-refractivity contribution is 0.755. The smallest absolute Gasteiger partial charge is 0.0440 e. The first-order valence-electron chi connectivity index (χ1n) is 3.11. The normalized spacial score (nSPS) is 25.6. The molecule has 0 unspecified atom stereocenters. The van der Waals surface area contributed by atoms with E-state index in [-0.39, 0.29) is 4.75 Å². The first-order valence-corrected chi connectivity index (χ1v) is 3.52. The van der Waals surface area contributed by atoms with Crippen molar-refractivity contribution in [2.24, 2.45) is 0 Å². The molecule has 45 valence electrons. The fourth-order valence-electron chi connectivity index (χ4n) is 1.18. The van der Waals surface area contributed by atoms with Crippen molar-refractivity contribution in [2.45, 2.75) is 30.4 Å². The number of hydrogen-bond acceptors (Lipinski definition) is 0. The van der Waals surface area contributed by atoms with E-state index in [1.54, 1.807) is 0 Å². The summed E-state index contributed by atoms with van der Waals surface area (Å²) in [5.41, 5.74) is 0. The maximum absolute atomic E-state index is 5.25. The van der Waals surface area contributed by atoms with Gasteiger partial charge < -0.3 is 0 Å². The van der Waals surface area contributed by atoms with Gasteiger partial charge >= 0.3 is 0 Å². The van der Waals surface area contributed by atoms with Gasteiger partial charge in [-0.25, -0.2) is 0 Å². The van der Waals surface area contributed by atoms with Crippen LogP contribution in [0, 0.1) is 0 Å². The van der Waals surface area contributed by atoms with Crippen LogP contribution in [0.1, 0.15) is 25.7 Å². The third-order valence-electron chi connectivity index (χ3n) is 1.82. The maximum atomic E-state index is 5.25. The zero-order chi connectivity index (χ0) is 6.04. The second-order valence-electron chi connectivity index (χ2n) is 2.48. The van der Waals surface area contributed by atoms with Crippen molar-refractivity contribution < 1.29 is 0 Å². The molecule has 1 radical (unpaired) electrons. The molecule has 1 aliphatic rings. The minimum absolute atomic E-state index is 0.0833. The Bertz CT molecular complexity index is 90.6. The fraction of sp³-hybridized carbons (Fsp3) is 0.714. The first kappa shape index (κ1) is 6.21. The average Bonchev–Trinajstić information content (AvgIpc) is 2.17. The Labute approximate surface area is 56.4 Å². The van der Waals surface area contributed by atoms with Crippen molar-refractivity contribution in [3.05, 3.63) is 12.7 Å². The van der Waals surface area contributed by atoms with Crippen molar-refractivity contribution in [2.75, 3.05) is 0 Å². The third-order valence-corrected chi connectivity index (χ3v) is 2.40. The van der Waals surface area contributed by atoms with Crippen LogP contribution in [0.15, 0.2) is 12.7 Å². The molecule has 1 saturated carbocycles. The summed E-state index contributed by atoms with van der Waals surface area (Å²) >= 11 is 5.25. The molecule has 0 bridgehead atoms. The van der Waals surface area contributed by atoms with Gasteiger partial charge in [0.15, 0.2) is 0 Å². The molecule has 1 heteroatoms. The summed E-state index contributed by atoms with van der Waals surface area (Å²) in [7, 11) is 0. The Hall–Kier alpha value is 0.0900. The summed E-state index contributed by atoms with van der Waals surface area (Å²) < 4.78 is 0.0833. The number of hydrogen-bond donors (Lipinski definition) is 0. The van der Waals surface area contributed by atoms with E-state index in [1.165, 1.54) is 25.7 Å². The van der Waals surface area contributed by atoms with Crippen LogP contribution >= 0.6 is 12.6 Å². The maximum Gasteiger partial charge on any atom is 0.0440 e. The molecule has 1 aliphatic carbocycles. The Morgan fingerprint density at radius 3 is 2.12 bits per heavy atom. The Morgan fingerprint density at radius 1 is 1.38 bits per heavy atom. The van der Waals surface area contributed by atoms with Gasteiger partial charge in [-0.15, -0.1) is 6.58 Å². The van der Waals surface area contributed by atoms with Gasteiger partial charge in [-0.3, -0.25) is 0 Å². The minimum Gasteiger partial charge on any atom is -0.102 e. The van der Waals surface area contributed by atoms with E-state index in [2.05, 4.69) is 6.58 Å². The largest absolute Gasteiger partial charge is 0.102 e. The lowest BCUT2D eigenvalue weighted by atomic mass is 10.1. The predicted octanol–water partition coefficient (Wildman–Crippen LogP) is 2.68. The summed E-state index contributed by atoms with van der Waals surface area (Å²) in [5.74, 6) is 0. The van der Waals surface area contributed by atoms with E-state index in [0.717, 1.165) is 0 Å². The van der Waals surface area contributed by atoms with Gasteiger partial charge in [-0.05, 0) is 12.8 Å². The molecule has 0 aromatic heterocycles. The standard InChI is InChI=1S/C7H11S/c1-2-7(8)5-3-4-6-7/h2H,1,3-6H2. The predicted molar refractivity (Wildman–Crippen MR) is 39.0 cm³/mol. The molecule has 0 saturated heterocycles. The van der Waals surface area contributed by atoms with Crippen molar-refractivity contribution in [1.82, 2.24) is 0 Å². The van der Waals surface area contributed by atoms with Crippen LogP contribution in [-0.2, 0) is 0 Å². The quantitative estimate of drug-likeness (QED) is 0.475. The van der Waals surface area contributed by atoms with Gasteiger partial charge in [0.1, 0.15) is 0 Å². The molecule has 0 spiro atoms. The molecule has 1 fully saturated rings. The zero-order valence-electron chi connectivity index (χ0n) is 5.02. The monoisotopic (exact) mass is 127 g/mol. The van der Waals surface area contributed by atoms with Crippen molar-refractivity contribution in [3.8, 4) is 0 Å². The molecule has 0 aromatic rings. The molecule has 0 N–H and O–H groups in total. The molecule has 0 heterocycles. The van der Waals surface area contributed by atoms with E-state index in [9.17, 15) is 0 Å². The second kappa shape index (κ2) is 2.14. The zero-order valence-corrected chi connectivity index (χ0v) is 5.84. The van der Waals surface area contributed by atoms with Crippen molar-refractivity contribution in [1.29, 1.82) is 0 Å². The molecule has 8 heavy (non-hydrogen) atoms. The molecule has 0 nitrogen and oxygen atoms in total. The summed E-state index contributed by atoms with van der Waals surface area (Å²) in [4.78, 5) is 0. The van der Waals surface area contributed by atoms with Crippen LogP contribution < -0.4 is 0 Å². The van der Waals surface area contributed by atoms with Gasteiger partial charge in [0.05, 0.1) is 0 Å². The topological polar surface area (TPSA) is 0 Å². The molecular weight excluding hydrogens is 116 g/mol. The van der Waals surface area contributed by atoms with Gasteiger partial charge in [-0.2, -0.15) is 0 Å². The first-order chi connectivity index (χ1) is 3.77. The molecule has 0 aliphatic heterocycles. The highest BCUT2D eigenvalue weighted by Crippen LogP contribution is 2.35. The third kappa shape index (κ3) is 1.08. The van der Waals surface area contributed by atoms with Crippen LogP contribution in [-0.4, -0.2) is 4.75 Å². The van der Waals surface area contributed by atoms with E-state index in [4.69, 9.17) is 12.6 Å². The summed E-state index contributed by atoms with van der Waals surface area (Å²) in [6.07, 6.45) is 6.87. The van der Waals surface area contributed by atoms with E-state index in [0.29, 0.717) is 0 Å². The van der Waals surface area contributed by atoms with Crippen molar-refractivity contribution >= 4 is 12.6 Å². The highest BCUT2D eigenvalue weighted by molar-refractivity contribution is 7.82. The molecule has 0 atom stereocenters. The molecule has 1 rings (SSSR count). The Balaban J connectivity index is 2.52. The summed E-state index contributed by atoms with van der Waals surface area (Å²) in [5, 5.41) is 0. The highest BCUT2D eigenvalue weighted by Gasteiger charge is 2.26. The van der Waals surface area contributed by atoms with Crippen LogP contribution in [0.4, 0.5) is 0 Å². The van der Waals surface area contributed by atoms with Gasteiger partial charge in [0.2, 0.25) is 0 Å². The van der Waals surface area contributed by atoms with Crippen molar-refractivity contribution in [3.63, 3.8) is 0 Å². The lowest BCUT2D eigenvalue weighted by Crippen LogP contribution is -2.10. The highest BCUT2D eigenvalue weighted by atomic mass is 32.1. The Kier molecular flexibility index (Phi) is 1.66. The van der Waals surface area contributed by atoms with E-state index in [1.807, 2.05) is 6.08 Å². The van der Waals surface area contributed by atoms with Gasteiger partial charge in [0, 0.05) is 4.75 Å². The van der Waals surface area contributed by atoms with E-state index < -0.39 is 0 Å². The average molecular weight is 127 g/mol. The number of rotatable bonds is 1. The Morgan fingerprint density at radius 2 is 1.88 bits per heavy atom. The van der Waals surface area contributed by atoms with E-state index >= 15 is 0 Å². The summed E-state index contributed by atoms with van der Waals surface area (Å²) in [6, 6.07) is 0. The molecular formula is C7H11S. The van der Waals surface area contributed by atoms with Crippen LogP contribution in [0.25, 0.3) is 0 Å². The van der Waals surface area contributed by atoms with Gasteiger partial charge in [0.25, 0.3) is 0 Å². The van der Waals surface area contributed by atoms with Crippen LogP contribution in [0.3, 0.4) is 0 Å². The SMILES string of the molecule is C=CC1([S])CCCC1. The lowest BCUT2D eigenvalue weighted by Gasteiger charge is -2.13. The molecule has 0 aromatic carbocycles. The van der Waals surface area contributed by atoms with Crippen LogP contribution in [0.2, 0.25) is 0 Å². The van der Waals surface area contributed by atoms with Gasteiger partial charge in [-0.1, -0.05) is 31.5 Å². The summed E-state index contributed by atoms with van der Waals surface area (Å²) in [6.45, 7) is 3.71. The fourth-order valence-corrected chi connectivity index (χ4v) is 1.47. The molecule has 0 amide bonds. The van der Waals surface area contributed by atoms with Crippen LogP contribution in [0.5, 0.6) is 0 Å². The minimum atomic E-state index is 0.0833. The second-order valence-corrected chi connectivity index (χ2v) is 3.29.